The highest BCUT2D eigenvalue weighted by Crippen LogP contribution is 2.26. The van der Waals surface area contributed by atoms with Gasteiger partial charge >= 0.3 is 0 Å². The third-order valence-corrected chi connectivity index (χ3v) is 5.55. The van der Waals surface area contributed by atoms with Crippen molar-refractivity contribution in [3.8, 4) is 17.6 Å². The normalized spacial score (nSPS) is 16.9. The smallest absolute Gasteiger partial charge is 0.254 e. The van der Waals surface area contributed by atoms with Gasteiger partial charge in [0.15, 0.2) is 0 Å². The summed E-state index contributed by atoms with van der Waals surface area (Å²) in [5.74, 6) is 6.55. The lowest BCUT2D eigenvalue weighted by Crippen LogP contribution is -2.35. The lowest BCUT2D eigenvalue weighted by atomic mass is 10.1. The van der Waals surface area contributed by atoms with Crippen LogP contribution in [0.1, 0.15) is 40.9 Å². The Bertz CT molecular complexity index is 1010. The summed E-state index contributed by atoms with van der Waals surface area (Å²) in [4.78, 5) is 17.4. The Morgan fingerprint density at radius 2 is 1.81 bits per heavy atom. The first-order chi connectivity index (χ1) is 15.4. The molecular formula is C26H30N2O4. The van der Waals surface area contributed by atoms with E-state index >= 15 is 0 Å². The predicted octanol–water partition coefficient (Wildman–Crippen LogP) is 2.68. The van der Waals surface area contributed by atoms with Gasteiger partial charge in [-0.3, -0.25) is 9.69 Å². The third-order valence-electron chi connectivity index (χ3n) is 5.55. The second kappa shape index (κ2) is 9.74. The molecule has 0 saturated carbocycles. The van der Waals surface area contributed by atoms with E-state index in [1.807, 2.05) is 23.1 Å². The molecule has 6 nitrogen and oxygen atoms in total. The van der Waals surface area contributed by atoms with Crippen LogP contribution in [-0.2, 0) is 17.8 Å². The first kappa shape index (κ1) is 22.3. The van der Waals surface area contributed by atoms with Crippen molar-refractivity contribution < 1.29 is 19.4 Å². The van der Waals surface area contributed by atoms with Crippen LogP contribution in [0, 0.1) is 11.8 Å². The molecule has 1 fully saturated rings. The molecule has 1 amide bonds. The molecule has 2 aromatic carbocycles. The van der Waals surface area contributed by atoms with E-state index in [9.17, 15) is 9.90 Å². The van der Waals surface area contributed by atoms with Crippen molar-refractivity contribution in [2.75, 3.05) is 39.5 Å². The molecule has 0 aliphatic carbocycles. The number of hydrogen-bond donors (Lipinski definition) is 1. The minimum absolute atomic E-state index is 0.0259. The van der Waals surface area contributed by atoms with Gasteiger partial charge in [-0.15, -0.1) is 0 Å². The molecule has 32 heavy (non-hydrogen) atoms. The summed E-state index contributed by atoms with van der Waals surface area (Å²) in [5.41, 5.74) is 2.59. The Balaban J connectivity index is 1.46. The van der Waals surface area contributed by atoms with E-state index in [1.54, 1.807) is 26.0 Å². The van der Waals surface area contributed by atoms with Crippen molar-refractivity contribution >= 4 is 5.91 Å². The lowest BCUT2D eigenvalue weighted by Gasteiger charge is -2.27. The summed E-state index contributed by atoms with van der Waals surface area (Å²) < 4.78 is 11.4. The van der Waals surface area contributed by atoms with Crippen LogP contribution in [0.3, 0.4) is 0 Å². The van der Waals surface area contributed by atoms with Gasteiger partial charge in [-0.1, -0.05) is 17.9 Å². The topological polar surface area (TPSA) is 62.2 Å². The average molecular weight is 435 g/mol. The largest absolute Gasteiger partial charge is 0.491 e. The highest BCUT2D eigenvalue weighted by atomic mass is 16.5. The fraction of sp³-hybridized carbons (Fsp3) is 0.423. The number of benzene rings is 2. The molecule has 4 rings (SSSR count). The van der Waals surface area contributed by atoms with E-state index in [0.29, 0.717) is 25.3 Å². The number of carbonyl (C=O) groups excluding carboxylic acids is 1. The summed E-state index contributed by atoms with van der Waals surface area (Å²) in [6, 6.07) is 13.5. The fourth-order valence-electron chi connectivity index (χ4n) is 3.84. The van der Waals surface area contributed by atoms with Crippen LogP contribution in [0.15, 0.2) is 42.5 Å². The van der Waals surface area contributed by atoms with Gasteiger partial charge in [0.05, 0.1) is 19.8 Å². The monoisotopic (exact) mass is 434 g/mol. The van der Waals surface area contributed by atoms with Gasteiger partial charge in [0.1, 0.15) is 18.0 Å². The Hall–Kier alpha value is -2.85. The Morgan fingerprint density at radius 3 is 2.53 bits per heavy atom. The summed E-state index contributed by atoms with van der Waals surface area (Å²) in [7, 11) is 0. The molecule has 0 unspecified atom stereocenters. The first-order valence-corrected chi connectivity index (χ1v) is 11.1. The van der Waals surface area contributed by atoms with Crippen LogP contribution < -0.4 is 4.74 Å². The van der Waals surface area contributed by atoms with Crippen LogP contribution in [0.4, 0.5) is 0 Å². The second-order valence-corrected chi connectivity index (χ2v) is 8.79. The lowest BCUT2D eigenvalue weighted by molar-refractivity contribution is 0.0341. The number of hydrogen-bond acceptors (Lipinski definition) is 5. The molecule has 1 saturated heterocycles. The van der Waals surface area contributed by atoms with Crippen molar-refractivity contribution in [3.63, 3.8) is 0 Å². The van der Waals surface area contributed by atoms with Crippen molar-refractivity contribution in [1.29, 1.82) is 0 Å². The number of nitrogens with zero attached hydrogens (tertiary/aromatic N) is 2. The third kappa shape index (κ3) is 5.89. The minimum Gasteiger partial charge on any atom is -0.491 e. The molecule has 2 aromatic rings. The zero-order valence-electron chi connectivity index (χ0n) is 18.8. The van der Waals surface area contributed by atoms with Crippen LogP contribution in [0.2, 0.25) is 0 Å². The summed E-state index contributed by atoms with van der Waals surface area (Å²) >= 11 is 0. The Labute approximate surface area is 189 Å². The van der Waals surface area contributed by atoms with Gasteiger partial charge < -0.3 is 19.5 Å². The van der Waals surface area contributed by atoms with Gasteiger partial charge in [-0.2, -0.15) is 0 Å². The Kier molecular flexibility index (Phi) is 6.80. The van der Waals surface area contributed by atoms with Crippen LogP contribution >= 0.6 is 0 Å². The van der Waals surface area contributed by atoms with E-state index in [4.69, 9.17) is 9.47 Å². The van der Waals surface area contributed by atoms with Gasteiger partial charge in [-0.05, 0) is 55.8 Å². The molecule has 2 aliphatic rings. The molecule has 0 radical (unpaired) electrons. The van der Waals surface area contributed by atoms with E-state index in [2.05, 4.69) is 28.9 Å². The molecule has 0 aromatic heterocycles. The number of carbonyl (C=O) groups is 1. The van der Waals surface area contributed by atoms with Gasteiger partial charge in [0.25, 0.3) is 5.91 Å². The van der Waals surface area contributed by atoms with E-state index in [0.717, 1.165) is 49.7 Å². The van der Waals surface area contributed by atoms with Crippen molar-refractivity contribution in [2.24, 2.45) is 0 Å². The Morgan fingerprint density at radius 1 is 1.06 bits per heavy atom. The highest BCUT2D eigenvalue weighted by molar-refractivity contribution is 5.94. The number of morpholine rings is 1. The summed E-state index contributed by atoms with van der Waals surface area (Å²) in [6.45, 7) is 9.11. The SMILES string of the molecule is CC(C)(O)C#Cc1ccc(C(=O)N2CCOc3ccc(CN4CCOCC4)cc3C2)cc1. The summed E-state index contributed by atoms with van der Waals surface area (Å²) in [6.07, 6.45) is 0. The number of fused-ring (bicyclic) bond motifs is 1. The zero-order chi connectivity index (χ0) is 22.6. The fourth-order valence-corrected chi connectivity index (χ4v) is 3.84. The van der Waals surface area contributed by atoms with Gasteiger partial charge in [0, 0.05) is 42.9 Å². The molecule has 1 N–H and O–H groups in total. The van der Waals surface area contributed by atoms with Crippen LogP contribution in [0.5, 0.6) is 5.75 Å². The zero-order valence-corrected chi connectivity index (χ0v) is 18.8. The molecule has 2 aliphatic heterocycles. The van der Waals surface area contributed by atoms with Crippen LogP contribution in [-0.4, -0.2) is 65.9 Å². The van der Waals surface area contributed by atoms with Crippen molar-refractivity contribution in [2.45, 2.75) is 32.5 Å². The maximum atomic E-state index is 13.2. The van der Waals surface area contributed by atoms with Gasteiger partial charge in [-0.25, -0.2) is 0 Å². The molecule has 168 valence electrons. The van der Waals surface area contributed by atoms with E-state index < -0.39 is 5.60 Å². The van der Waals surface area contributed by atoms with E-state index in [-0.39, 0.29) is 5.91 Å². The first-order valence-electron chi connectivity index (χ1n) is 11.1. The second-order valence-electron chi connectivity index (χ2n) is 8.79. The predicted molar refractivity (Wildman–Crippen MR) is 122 cm³/mol. The average Bonchev–Trinajstić information content (AvgIpc) is 3.00. The van der Waals surface area contributed by atoms with Gasteiger partial charge in [0.2, 0.25) is 0 Å². The molecule has 0 spiro atoms. The minimum atomic E-state index is -1.05. The molecule has 2 heterocycles. The number of amides is 1. The highest BCUT2D eigenvalue weighted by Gasteiger charge is 2.22. The number of ether oxygens (including phenoxy) is 2. The van der Waals surface area contributed by atoms with Crippen LogP contribution in [0.25, 0.3) is 0 Å². The summed E-state index contributed by atoms with van der Waals surface area (Å²) in [5, 5.41) is 9.76. The molecule has 6 heteroatoms. The van der Waals surface area contributed by atoms with E-state index in [1.165, 1.54) is 5.56 Å². The standard InChI is InChI=1S/C26H30N2O4/c1-26(2,30)10-9-20-3-6-22(7-4-20)25(29)28-13-16-32-24-8-5-21(17-23(24)19-28)18-27-11-14-31-15-12-27/h3-8,17,30H,11-16,18-19H2,1-2H3. The number of aliphatic hydroxyl groups is 1. The number of rotatable bonds is 3. The molecule has 0 bridgehead atoms. The van der Waals surface area contributed by atoms with Crippen molar-refractivity contribution in [1.82, 2.24) is 9.80 Å². The maximum Gasteiger partial charge on any atom is 0.254 e. The quantitative estimate of drug-likeness (QED) is 0.753. The molecular weight excluding hydrogens is 404 g/mol. The maximum absolute atomic E-state index is 13.2. The molecule has 0 atom stereocenters. The van der Waals surface area contributed by atoms with Crippen molar-refractivity contribution in [3.05, 3.63) is 64.7 Å².